The van der Waals surface area contributed by atoms with E-state index < -0.39 is 0 Å². The van der Waals surface area contributed by atoms with Crippen LogP contribution in [0.15, 0.2) is 35.6 Å². The van der Waals surface area contributed by atoms with E-state index in [4.69, 9.17) is 4.74 Å². The van der Waals surface area contributed by atoms with Crippen molar-refractivity contribution < 1.29 is 9.53 Å². The molecule has 3 rings (SSSR count). The van der Waals surface area contributed by atoms with Gasteiger partial charge in [-0.25, -0.2) is 9.97 Å². The van der Waals surface area contributed by atoms with Crippen LogP contribution in [0.1, 0.15) is 6.92 Å². The Morgan fingerprint density at radius 1 is 1.27 bits per heavy atom. The molecule has 0 aliphatic heterocycles. The third-order valence-electron chi connectivity index (χ3n) is 3.00. The Morgan fingerprint density at radius 2 is 2.05 bits per heavy atom. The summed E-state index contributed by atoms with van der Waals surface area (Å²) in [6.07, 6.45) is 1.52. The molecule has 1 aromatic carbocycles. The van der Waals surface area contributed by atoms with Crippen LogP contribution < -0.4 is 4.74 Å². The molecule has 3 aromatic rings. The van der Waals surface area contributed by atoms with Gasteiger partial charge in [0.25, 0.3) is 0 Å². The molecule has 0 saturated carbocycles. The number of hydrogen-bond donors (Lipinski definition) is 0. The zero-order valence-corrected chi connectivity index (χ0v) is 13.7. The smallest absolute Gasteiger partial charge is 0.140 e. The maximum atomic E-state index is 11.2. The number of rotatable bonds is 5. The number of benzene rings is 1. The Morgan fingerprint density at radius 3 is 2.73 bits per heavy atom. The summed E-state index contributed by atoms with van der Waals surface area (Å²) >= 11 is 2.78. The Balaban J connectivity index is 2.00. The van der Waals surface area contributed by atoms with Crippen LogP contribution in [0.4, 0.5) is 0 Å². The number of fused-ring (bicyclic) bond motifs is 1. The highest BCUT2D eigenvalue weighted by atomic mass is 32.2. The second-order valence-corrected chi connectivity index (χ2v) is 6.34. The van der Waals surface area contributed by atoms with Crippen LogP contribution in [0, 0.1) is 0 Å². The Labute approximate surface area is 135 Å². The van der Waals surface area contributed by atoms with E-state index in [2.05, 4.69) is 14.3 Å². The second-order valence-electron chi connectivity index (χ2n) is 4.61. The van der Waals surface area contributed by atoms with Gasteiger partial charge in [-0.2, -0.15) is 4.37 Å². The van der Waals surface area contributed by atoms with Gasteiger partial charge in [-0.15, -0.1) is 0 Å². The van der Waals surface area contributed by atoms with Crippen molar-refractivity contribution in [3.8, 4) is 17.0 Å². The Hall–Kier alpha value is -1.99. The normalized spacial score (nSPS) is 10.8. The molecule has 0 radical (unpaired) electrons. The summed E-state index contributed by atoms with van der Waals surface area (Å²) in [7, 11) is 1.64. The summed E-state index contributed by atoms with van der Waals surface area (Å²) in [6, 6.07) is 7.70. The minimum Gasteiger partial charge on any atom is -0.497 e. The van der Waals surface area contributed by atoms with E-state index in [0.717, 1.165) is 32.2 Å². The lowest BCUT2D eigenvalue weighted by molar-refractivity contribution is -0.114. The minimum atomic E-state index is 0.122. The molecule has 5 nitrogen and oxygen atoms in total. The maximum absolute atomic E-state index is 11.2. The molecule has 112 valence electrons. The molecule has 0 atom stereocenters. The van der Waals surface area contributed by atoms with Gasteiger partial charge in [0.1, 0.15) is 38.8 Å². The van der Waals surface area contributed by atoms with E-state index in [1.807, 2.05) is 24.3 Å². The van der Waals surface area contributed by atoms with E-state index in [-0.39, 0.29) is 5.78 Å². The molecule has 0 bridgehead atoms. The lowest BCUT2D eigenvalue weighted by Crippen LogP contribution is -1.94. The molecule has 0 aliphatic rings. The van der Waals surface area contributed by atoms with Gasteiger partial charge in [0.05, 0.1) is 12.9 Å². The van der Waals surface area contributed by atoms with Gasteiger partial charge in [-0.3, -0.25) is 4.79 Å². The van der Waals surface area contributed by atoms with E-state index in [1.165, 1.54) is 29.6 Å². The van der Waals surface area contributed by atoms with Crippen LogP contribution >= 0.6 is 23.3 Å². The molecule has 2 heterocycles. The molecule has 2 aromatic heterocycles. The Bertz CT molecular complexity index is 815. The highest BCUT2D eigenvalue weighted by Crippen LogP contribution is 2.34. The fourth-order valence-corrected chi connectivity index (χ4v) is 3.67. The highest BCUT2D eigenvalue weighted by molar-refractivity contribution is 8.00. The van der Waals surface area contributed by atoms with Crippen molar-refractivity contribution in [2.45, 2.75) is 11.9 Å². The first-order chi connectivity index (χ1) is 10.7. The number of carbonyl (C=O) groups is 1. The molecule has 0 amide bonds. The van der Waals surface area contributed by atoms with Crippen molar-refractivity contribution in [1.29, 1.82) is 0 Å². The van der Waals surface area contributed by atoms with Crippen molar-refractivity contribution in [3.63, 3.8) is 0 Å². The van der Waals surface area contributed by atoms with Crippen LogP contribution in [-0.4, -0.2) is 33.0 Å². The van der Waals surface area contributed by atoms with Crippen LogP contribution in [0.5, 0.6) is 5.75 Å². The summed E-state index contributed by atoms with van der Waals surface area (Å²) in [5.41, 5.74) is 2.62. The molecular formula is C15H13N3O2S2. The van der Waals surface area contributed by atoms with Crippen LogP contribution in [0.25, 0.3) is 21.5 Å². The third kappa shape index (κ3) is 2.95. The first-order valence-corrected chi connectivity index (χ1v) is 8.32. The van der Waals surface area contributed by atoms with E-state index >= 15 is 0 Å². The van der Waals surface area contributed by atoms with Crippen LogP contribution in [-0.2, 0) is 4.79 Å². The molecule has 22 heavy (non-hydrogen) atoms. The summed E-state index contributed by atoms with van der Waals surface area (Å²) in [6.45, 7) is 1.57. The third-order valence-corrected chi connectivity index (χ3v) is 5.11. The SMILES string of the molecule is COc1ccc(-c2nsc3c(SCC(C)=O)ncnc23)cc1. The lowest BCUT2D eigenvalue weighted by atomic mass is 10.1. The van der Waals surface area contributed by atoms with Gasteiger partial charge in [0.15, 0.2) is 0 Å². The molecule has 0 fully saturated rings. The second kappa shape index (κ2) is 6.41. The molecule has 7 heteroatoms. The molecular weight excluding hydrogens is 318 g/mol. The number of thioether (sulfide) groups is 1. The van der Waals surface area contributed by atoms with E-state index in [0.29, 0.717) is 5.75 Å². The topological polar surface area (TPSA) is 65.0 Å². The van der Waals surface area contributed by atoms with Crippen LogP contribution in [0.3, 0.4) is 0 Å². The van der Waals surface area contributed by atoms with Crippen molar-refractivity contribution in [1.82, 2.24) is 14.3 Å². The van der Waals surface area contributed by atoms with Crippen molar-refractivity contribution in [3.05, 3.63) is 30.6 Å². The van der Waals surface area contributed by atoms with Crippen molar-refractivity contribution in [2.24, 2.45) is 0 Å². The predicted octanol–water partition coefficient (Wildman–Crippen LogP) is 3.44. The number of methoxy groups -OCH3 is 1. The number of carbonyl (C=O) groups excluding carboxylic acids is 1. The van der Waals surface area contributed by atoms with Gasteiger partial charge >= 0.3 is 0 Å². The minimum absolute atomic E-state index is 0.122. The first kappa shape index (κ1) is 14.9. The fraction of sp³-hybridized carbons (Fsp3) is 0.200. The standard InChI is InChI=1S/C15H13N3O2S2/c1-9(19)7-21-15-14-13(16-8-17-15)12(18-22-14)10-3-5-11(20-2)6-4-10/h3-6,8H,7H2,1-2H3. The number of ether oxygens (including phenoxy) is 1. The number of ketones is 1. The quantitative estimate of drug-likeness (QED) is 0.527. The van der Waals surface area contributed by atoms with Gasteiger partial charge in [-0.05, 0) is 42.7 Å². The van der Waals surface area contributed by atoms with Crippen molar-refractivity contribution >= 4 is 39.3 Å². The van der Waals surface area contributed by atoms with Gasteiger partial charge in [-0.1, -0.05) is 11.8 Å². The Kier molecular flexibility index (Phi) is 4.35. The predicted molar refractivity (Wildman–Crippen MR) is 88.6 cm³/mol. The number of aromatic nitrogens is 3. The molecule has 0 aliphatic carbocycles. The maximum Gasteiger partial charge on any atom is 0.140 e. The highest BCUT2D eigenvalue weighted by Gasteiger charge is 2.14. The number of Topliss-reactive ketones (excluding diaryl/α,β-unsaturated/α-hetero) is 1. The average molecular weight is 331 g/mol. The monoisotopic (exact) mass is 331 g/mol. The first-order valence-electron chi connectivity index (χ1n) is 6.56. The fourth-order valence-electron chi connectivity index (χ4n) is 1.95. The molecule has 0 unspecified atom stereocenters. The van der Waals surface area contributed by atoms with E-state index in [9.17, 15) is 4.79 Å². The molecule has 0 N–H and O–H groups in total. The largest absolute Gasteiger partial charge is 0.497 e. The van der Waals surface area contributed by atoms with Gasteiger partial charge in [0, 0.05) is 5.56 Å². The summed E-state index contributed by atoms with van der Waals surface area (Å²) in [4.78, 5) is 19.8. The number of hydrogen-bond acceptors (Lipinski definition) is 7. The van der Waals surface area contributed by atoms with Gasteiger partial charge in [0.2, 0.25) is 0 Å². The summed E-state index contributed by atoms with van der Waals surface area (Å²) in [5.74, 6) is 1.33. The average Bonchev–Trinajstić information content (AvgIpc) is 2.97. The molecule has 0 spiro atoms. The molecule has 0 saturated heterocycles. The van der Waals surface area contributed by atoms with Crippen LogP contribution in [0.2, 0.25) is 0 Å². The van der Waals surface area contributed by atoms with Gasteiger partial charge < -0.3 is 4.74 Å². The van der Waals surface area contributed by atoms with E-state index in [1.54, 1.807) is 14.0 Å². The summed E-state index contributed by atoms with van der Waals surface area (Å²) < 4.78 is 10.6. The lowest BCUT2D eigenvalue weighted by Gasteiger charge is -2.02. The zero-order chi connectivity index (χ0) is 15.5. The summed E-state index contributed by atoms with van der Waals surface area (Å²) in [5, 5.41) is 0.803. The van der Waals surface area contributed by atoms with Crippen molar-refractivity contribution in [2.75, 3.05) is 12.9 Å². The zero-order valence-electron chi connectivity index (χ0n) is 12.1. The number of nitrogens with zero attached hydrogens (tertiary/aromatic N) is 3.